The van der Waals surface area contributed by atoms with Crippen molar-refractivity contribution in [1.82, 2.24) is 9.80 Å². The molecule has 19 heavy (non-hydrogen) atoms. The normalized spacial score (nSPS) is 17.7. The van der Waals surface area contributed by atoms with Crippen LogP contribution in [0.4, 0.5) is 0 Å². The first-order chi connectivity index (χ1) is 8.99. The topological polar surface area (TPSA) is 66.6 Å². The van der Waals surface area contributed by atoms with Crippen molar-refractivity contribution in [2.24, 2.45) is 17.6 Å². The third-order valence-electron chi connectivity index (χ3n) is 3.81. The van der Waals surface area contributed by atoms with Gasteiger partial charge in [-0.15, -0.1) is 0 Å². The first-order valence-corrected chi connectivity index (χ1v) is 7.26. The first-order valence-electron chi connectivity index (χ1n) is 7.26. The quantitative estimate of drug-likeness (QED) is 0.798. The fraction of sp³-hybridized carbons (Fsp3) is 0.857. The van der Waals surface area contributed by atoms with Gasteiger partial charge in [-0.05, 0) is 12.5 Å². The lowest BCUT2D eigenvalue weighted by atomic mass is 10.0. The minimum absolute atomic E-state index is 0.0314. The Hall–Kier alpha value is -1.10. The number of piperazine rings is 1. The molecular weight excluding hydrogens is 242 g/mol. The summed E-state index contributed by atoms with van der Waals surface area (Å²) < 4.78 is 0. The van der Waals surface area contributed by atoms with E-state index in [1.807, 2.05) is 23.6 Å². The van der Waals surface area contributed by atoms with Crippen LogP contribution in [0.5, 0.6) is 0 Å². The van der Waals surface area contributed by atoms with E-state index in [1.54, 1.807) is 0 Å². The Kier molecular flexibility index (Phi) is 6.28. The Morgan fingerprint density at radius 1 is 1.11 bits per heavy atom. The van der Waals surface area contributed by atoms with E-state index in [0.29, 0.717) is 39.1 Å². The van der Waals surface area contributed by atoms with E-state index in [9.17, 15) is 9.59 Å². The average Bonchev–Trinajstić information content (AvgIpc) is 2.43. The number of carbonyl (C=O) groups excluding carboxylic acids is 2. The SMILES string of the molecule is CCC(CN)CC(=O)N1CCN(C(=O)C(C)C)CC1. The Labute approximate surface area is 116 Å². The predicted octanol–water partition coefficient (Wildman–Crippen LogP) is 0.688. The highest BCUT2D eigenvalue weighted by Crippen LogP contribution is 2.12. The van der Waals surface area contributed by atoms with Gasteiger partial charge in [-0.25, -0.2) is 0 Å². The molecule has 1 unspecified atom stereocenters. The molecule has 0 radical (unpaired) electrons. The molecule has 1 rings (SSSR count). The molecule has 1 heterocycles. The second-order valence-electron chi connectivity index (χ2n) is 5.57. The third-order valence-corrected chi connectivity index (χ3v) is 3.81. The molecule has 1 aliphatic heterocycles. The van der Waals surface area contributed by atoms with E-state index < -0.39 is 0 Å². The molecule has 0 aromatic carbocycles. The molecular formula is C14H27N3O2. The van der Waals surface area contributed by atoms with Gasteiger partial charge in [0.15, 0.2) is 0 Å². The lowest BCUT2D eigenvalue weighted by molar-refractivity contribution is -0.141. The average molecular weight is 269 g/mol. The van der Waals surface area contributed by atoms with Gasteiger partial charge in [0, 0.05) is 38.5 Å². The van der Waals surface area contributed by atoms with Crippen LogP contribution in [-0.4, -0.2) is 54.3 Å². The molecule has 0 bridgehead atoms. The molecule has 2 N–H and O–H groups in total. The van der Waals surface area contributed by atoms with Crippen molar-refractivity contribution in [1.29, 1.82) is 0 Å². The van der Waals surface area contributed by atoms with Crippen LogP contribution in [0.3, 0.4) is 0 Å². The summed E-state index contributed by atoms with van der Waals surface area (Å²) in [6.45, 7) is 9.05. The van der Waals surface area contributed by atoms with E-state index in [2.05, 4.69) is 6.92 Å². The Morgan fingerprint density at radius 2 is 1.63 bits per heavy atom. The van der Waals surface area contributed by atoms with Crippen LogP contribution in [0, 0.1) is 11.8 Å². The van der Waals surface area contributed by atoms with Crippen LogP contribution in [0.2, 0.25) is 0 Å². The number of nitrogens with two attached hydrogens (primary N) is 1. The number of rotatable bonds is 5. The second-order valence-corrected chi connectivity index (χ2v) is 5.57. The Balaban J connectivity index is 2.41. The maximum Gasteiger partial charge on any atom is 0.225 e. The number of hydrogen-bond donors (Lipinski definition) is 1. The van der Waals surface area contributed by atoms with E-state index in [4.69, 9.17) is 5.73 Å². The summed E-state index contributed by atoms with van der Waals surface area (Å²) in [5.41, 5.74) is 5.63. The highest BCUT2D eigenvalue weighted by atomic mass is 16.2. The molecule has 1 fully saturated rings. The van der Waals surface area contributed by atoms with Gasteiger partial charge in [-0.2, -0.15) is 0 Å². The van der Waals surface area contributed by atoms with Crippen LogP contribution >= 0.6 is 0 Å². The van der Waals surface area contributed by atoms with Crippen molar-refractivity contribution in [2.75, 3.05) is 32.7 Å². The lowest BCUT2D eigenvalue weighted by Gasteiger charge is -2.36. The van der Waals surface area contributed by atoms with Gasteiger partial charge in [0.1, 0.15) is 0 Å². The van der Waals surface area contributed by atoms with Gasteiger partial charge in [-0.3, -0.25) is 9.59 Å². The number of carbonyl (C=O) groups is 2. The van der Waals surface area contributed by atoms with Gasteiger partial charge in [0.25, 0.3) is 0 Å². The van der Waals surface area contributed by atoms with Gasteiger partial charge in [-0.1, -0.05) is 27.2 Å². The molecule has 0 saturated carbocycles. The summed E-state index contributed by atoms with van der Waals surface area (Å²) in [5, 5.41) is 0. The second kappa shape index (κ2) is 7.48. The third kappa shape index (κ3) is 4.49. The predicted molar refractivity (Wildman–Crippen MR) is 75.5 cm³/mol. The van der Waals surface area contributed by atoms with Crippen LogP contribution < -0.4 is 5.73 Å². The zero-order valence-corrected chi connectivity index (χ0v) is 12.4. The van der Waals surface area contributed by atoms with Crippen LogP contribution in [0.25, 0.3) is 0 Å². The van der Waals surface area contributed by atoms with Crippen molar-refractivity contribution in [2.45, 2.75) is 33.6 Å². The lowest BCUT2D eigenvalue weighted by Crippen LogP contribution is -2.51. The zero-order valence-electron chi connectivity index (χ0n) is 12.4. The zero-order chi connectivity index (χ0) is 14.4. The Bertz CT molecular complexity index is 306. The summed E-state index contributed by atoms with van der Waals surface area (Å²) >= 11 is 0. The molecule has 5 nitrogen and oxygen atoms in total. The van der Waals surface area contributed by atoms with Crippen LogP contribution in [-0.2, 0) is 9.59 Å². The number of hydrogen-bond acceptors (Lipinski definition) is 3. The fourth-order valence-electron chi connectivity index (χ4n) is 2.31. The monoisotopic (exact) mass is 269 g/mol. The molecule has 0 aromatic rings. The van der Waals surface area contributed by atoms with Crippen molar-refractivity contribution in [3.05, 3.63) is 0 Å². The van der Waals surface area contributed by atoms with Crippen molar-refractivity contribution < 1.29 is 9.59 Å². The molecule has 2 amide bonds. The molecule has 110 valence electrons. The summed E-state index contributed by atoms with van der Waals surface area (Å²) in [5.74, 6) is 0.668. The van der Waals surface area contributed by atoms with Crippen molar-refractivity contribution in [3.63, 3.8) is 0 Å². The number of amides is 2. The van der Waals surface area contributed by atoms with Gasteiger partial charge >= 0.3 is 0 Å². The van der Waals surface area contributed by atoms with E-state index in [0.717, 1.165) is 6.42 Å². The summed E-state index contributed by atoms with van der Waals surface area (Å²) in [6, 6.07) is 0. The van der Waals surface area contributed by atoms with Gasteiger partial charge in [0.2, 0.25) is 11.8 Å². The smallest absolute Gasteiger partial charge is 0.225 e. The fourth-order valence-corrected chi connectivity index (χ4v) is 2.31. The summed E-state index contributed by atoms with van der Waals surface area (Å²) in [4.78, 5) is 27.7. The highest BCUT2D eigenvalue weighted by molar-refractivity contribution is 5.79. The van der Waals surface area contributed by atoms with E-state index in [-0.39, 0.29) is 23.7 Å². The van der Waals surface area contributed by atoms with E-state index >= 15 is 0 Å². The van der Waals surface area contributed by atoms with Crippen LogP contribution in [0.1, 0.15) is 33.6 Å². The number of nitrogens with zero attached hydrogens (tertiary/aromatic N) is 2. The maximum absolute atomic E-state index is 12.1. The maximum atomic E-state index is 12.1. The molecule has 0 aliphatic carbocycles. The van der Waals surface area contributed by atoms with Crippen molar-refractivity contribution >= 4 is 11.8 Å². The minimum Gasteiger partial charge on any atom is -0.339 e. The molecule has 0 aromatic heterocycles. The Morgan fingerprint density at radius 3 is 2.05 bits per heavy atom. The van der Waals surface area contributed by atoms with Gasteiger partial charge < -0.3 is 15.5 Å². The standard InChI is InChI=1S/C14H27N3O2/c1-4-12(10-15)9-13(18)16-5-7-17(8-6-16)14(19)11(2)3/h11-12H,4-10,15H2,1-3H3. The van der Waals surface area contributed by atoms with E-state index in [1.165, 1.54) is 0 Å². The first kappa shape index (κ1) is 16.0. The summed E-state index contributed by atoms with van der Waals surface area (Å²) in [6.07, 6.45) is 1.47. The largest absolute Gasteiger partial charge is 0.339 e. The summed E-state index contributed by atoms with van der Waals surface area (Å²) in [7, 11) is 0. The van der Waals surface area contributed by atoms with Crippen LogP contribution in [0.15, 0.2) is 0 Å². The molecule has 1 atom stereocenters. The highest BCUT2D eigenvalue weighted by Gasteiger charge is 2.26. The molecule has 1 saturated heterocycles. The van der Waals surface area contributed by atoms with Gasteiger partial charge in [0.05, 0.1) is 0 Å². The molecule has 1 aliphatic rings. The molecule has 5 heteroatoms. The minimum atomic E-state index is 0.0314. The molecule has 0 spiro atoms. The van der Waals surface area contributed by atoms with Crippen molar-refractivity contribution in [3.8, 4) is 0 Å².